The summed E-state index contributed by atoms with van der Waals surface area (Å²) in [5, 5.41) is 8.08. The van der Waals surface area contributed by atoms with E-state index in [-0.39, 0.29) is 6.04 Å². The smallest absolute Gasteiger partial charge is 0.122 e. The summed E-state index contributed by atoms with van der Waals surface area (Å²) in [4.78, 5) is 0. The SMILES string of the molecule is CCNC(c1ccn(C)n1)C1COc2ccccc21. The Labute approximate surface area is 113 Å². The van der Waals surface area contributed by atoms with E-state index < -0.39 is 0 Å². The third-order valence-corrected chi connectivity index (χ3v) is 3.62. The molecule has 0 saturated heterocycles. The molecular weight excluding hydrogens is 238 g/mol. The summed E-state index contributed by atoms with van der Waals surface area (Å²) in [5.41, 5.74) is 2.36. The summed E-state index contributed by atoms with van der Waals surface area (Å²) >= 11 is 0. The highest BCUT2D eigenvalue weighted by atomic mass is 16.5. The number of likely N-dealkylation sites (N-methyl/N-ethyl adjacent to an activating group) is 1. The summed E-state index contributed by atoms with van der Waals surface area (Å²) in [6.07, 6.45) is 1.99. The van der Waals surface area contributed by atoms with Crippen LogP contribution in [0.3, 0.4) is 0 Å². The Morgan fingerprint density at radius 3 is 3.00 bits per heavy atom. The van der Waals surface area contributed by atoms with Crippen LogP contribution in [0.1, 0.15) is 30.1 Å². The van der Waals surface area contributed by atoms with Crippen molar-refractivity contribution in [1.82, 2.24) is 15.1 Å². The monoisotopic (exact) mass is 257 g/mol. The average molecular weight is 257 g/mol. The predicted molar refractivity (Wildman–Crippen MR) is 74.3 cm³/mol. The van der Waals surface area contributed by atoms with E-state index in [0.717, 1.165) is 18.0 Å². The zero-order chi connectivity index (χ0) is 13.2. The van der Waals surface area contributed by atoms with Crippen molar-refractivity contribution in [3.8, 4) is 5.75 Å². The van der Waals surface area contributed by atoms with Crippen molar-refractivity contribution >= 4 is 0 Å². The molecule has 2 atom stereocenters. The lowest BCUT2D eigenvalue weighted by Crippen LogP contribution is -2.28. The maximum atomic E-state index is 5.79. The van der Waals surface area contributed by atoms with Crippen LogP contribution < -0.4 is 10.1 Å². The van der Waals surface area contributed by atoms with Gasteiger partial charge < -0.3 is 10.1 Å². The molecule has 0 amide bonds. The van der Waals surface area contributed by atoms with E-state index in [4.69, 9.17) is 4.74 Å². The van der Waals surface area contributed by atoms with Crippen LogP contribution in [0.25, 0.3) is 0 Å². The molecule has 2 unspecified atom stereocenters. The van der Waals surface area contributed by atoms with Gasteiger partial charge in [-0.2, -0.15) is 5.10 Å². The number of fused-ring (bicyclic) bond motifs is 1. The van der Waals surface area contributed by atoms with E-state index in [9.17, 15) is 0 Å². The third kappa shape index (κ3) is 2.24. The molecule has 0 saturated carbocycles. The quantitative estimate of drug-likeness (QED) is 0.913. The zero-order valence-electron chi connectivity index (χ0n) is 11.3. The Balaban J connectivity index is 1.94. The van der Waals surface area contributed by atoms with Crippen LogP contribution in [0.15, 0.2) is 36.5 Å². The van der Waals surface area contributed by atoms with Crippen LogP contribution in [0.4, 0.5) is 0 Å². The third-order valence-electron chi connectivity index (χ3n) is 3.62. The molecule has 4 heteroatoms. The highest BCUT2D eigenvalue weighted by Crippen LogP contribution is 2.40. The Morgan fingerprint density at radius 1 is 1.42 bits per heavy atom. The Bertz CT molecular complexity index is 564. The van der Waals surface area contributed by atoms with E-state index in [2.05, 4.69) is 35.5 Å². The number of hydrogen-bond acceptors (Lipinski definition) is 3. The fourth-order valence-electron chi connectivity index (χ4n) is 2.74. The molecule has 100 valence electrons. The van der Waals surface area contributed by atoms with Crippen molar-refractivity contribution in [3.63, 3.8) is 0 Å². The van der Waals surface area contributed by atoms with Gasteiger partial charge >= 0.3 is 0 Å². The minimum atomic E-state index is 0.204. The van der Waals surface area contributed by atoms with Crippen molar-refractivity contribution in [3.05, 3.63) is 47.8 Å². The van der Waals surface area contributed by atoms with Gasteiger partial charge in [0.2, 0.25) is 0 Å². The van der Waals surface area contributed by atoms with Crippen LogP contribution in [-0.2, 0) is 7.05 Å². The molecule has 1 N–H and O–H groups in total. The fraction of sp³-hybridized carbons (Fsp3) is 0.400. The largest absolute Gasteiger partial charge is 0.493 e. The number of rotatable bonds is 4. The predicted octanol–water partition coefficient (Wildman–Crippen LogP) is 2.25. The first-order chi connectivity index (χ1) is 9.29. The number of aryl methyl sites for hydroxylation is 1. The topological polar surface area (TPSA) is 39.1 Å². The number of hydrogen-bond donors (Lipinski definition) is 1. The molecule has 0 fully saturated rings. The van der Waals surface area contributed by atoms with Crippen LogP contribution in [-0.4, -0.2) is 22.9 Å². The summed E-state index contributed by atoms with van der Waals surface area (Å²) < 4.78 is 7.64. The molecule has 2 aromatic rings. The number of para-hydroxylation sites is 1. The zero-order valence-corrected chi connectivity index (χ0v) is 11.3. The van der Waals surface area contributed by atoms with Gasteiger partial charge in [-0.25, -0.2) is 0 Å². The van der Waals surface area contributed by atoms with Crippen molar-refractivity contribution < 1.29 is 4.74 Å². The lowest BCUT2D eigenvalue weighted by atomic mass is 9.91. The second-order valence-corrected chi connectivity index (χ2v) is 4.90. The maximum Gasteiger partial charge on any atom is 0.122 e. The van der Waals surface area contributed by atoms with Gasteiger partial charge in [-0.3, -0.25) is 4.68 Å². The first-order valence-corrected chi connectivity index (χ1v) is 6.74. The molecule has 1 aromatic carbocycles. The standard InChI is InChI=1S/C15H19N3O/c1-3-16-15(13-8-9-18(2)17-13)12-10-19-14-7-5-4-6-11(12)14/h4-9,12,15-16H,3,10H2,1-2H3. The number of aromatic nitrogens is 2. The molecule has 1 aliphatic rings. The lowest BCUT2D eigenvalue weighted by Gasteiger charge is -2.21. The Morgan fingerprint density at radius 2 is 2.26 bits per heavy atom. The summed E-state index contributed by atoms with van der Waals surface area (Å²) in [7, 11) is 1.95. The van der Waals surface area contributed by atoms with Gasteiger partial charge in [0.05, 0.1) is 18.3 Å². The molecule has 4 nitrogen and oxygen atoms in total. The Kier molecular flexibility index (Phi) is 3.25. The van der Waals surface area contributed by atoms with Crippen molar-refractivity contribution in [2.45, 2.75) is 18.9 Å². The highest BCUT2D eigenvalue weighted by Gasteiger charge is 2.32. The van der Waals surface area contributed by atoms with Gasteiger partial charge in [-0.1, -0.05) is 25.1 Å². The van der Waals surface area contributed by atoms with Gasteiger partial charge in [0.15, 0.2) is 0 Å². The van der Waals surface area contributed by atoms with Crippen molar-refractivity contribution in [2.75, 3.05) is 13.2 Å². The first kappa shape index (κ1) is 12.2. The minimum Gasteiger partial charge on any atom is -0.493 e. The van der Waals surface area contributed by atoms with Crippen LogP contribution in [0, 0.1) is 0 Å². The van der Waals surface area contributed by atoms with Crippen LogP contribution in [0.2, 0.25) is 0 Å². The summed E-state index contributed by atoms with van der Waals surface area (Å²) in [6, 6.07) is 10.6. The number of nitrogens with one attached hydrogen (secondary N) is 1. The molecule has 0 spiro atoms. The number of ether oxygens (including phenoxy) is 1. The highest BCUT2D eigenvalue weighted by molar-refractivity contribution is 5.41. The van der Waals surface area contributed by atoms with Gasteiger partial charge in [0.1, 0.15) is 5.75 Å². The molecular formula is C15H19N3O. The van der Waals surface area contributed by atoms with E-state index >= 15 is 0 Å². The molecule has 0 radical (unpaired) electrons. The molecule has 3 rings (SSSR count). The normalized spacial score (nSPS) is 18.9. The van der Waals surface area contributed by atoms with Crippen molar-refractivity contribution in [1.29, 1.82) is 0 Å². The van der Waals surface area contributed by atoms with E-state index in [1.54, 1.807) is 0 Å². The van der Waals surface area contributed by atoms with Gasteiger partial charge in [0, 0.05) is 24.7 Å². The van der Waals surface area contributed by atoms with Gasteiger partial charge in [-0.05, 0) is 18.7 Å². The van der Waals surface area contributed by atoms with Gasteiger partial charge in [0.25, 0.3) is 0 Å². The maximum absolute atomic E-state index is 5.79. The second kappa shape index (κ2) is 5.05. The fourth-order valence-corrected chi connectivity index (χ4v) is 2.74. The molecule has 1 aliphatic heterocycles. The molecule has 0 aliphatic carbocycles. The number of nitrogens with zero attached hydrogens (tertiary/aromatic N) is 2. The summed E-state index contributed by atoms with van der Waals surface area (Å²) in [5.74, 6) is 1.33. The van der Waals surface area contributed by atoms with Crippen LogP contribution >= 0.6 is 0 Å². The van der Waals surface area contributed by atoms with Crippen LogP contribution in [0.5, 0.6) is 5.75 Å². The molecule has 19 heavy (non-hydrogen) atoms. The Hall–Kier alpha value is -1.81. The number of benzene rings is 1. The van der Waals surface area contributed by atoms with E-state index in [0.29, 0.717) is 12.5 Å². The molecule has 0 bridgehead atoms. The average Bonchev–Trinajstić information content (AvgIpc) is 3.03. The van der Waals surface area contributed by atoms with E-state index in [1.165, 1.54) is 5.56 Å². The van der Waals surface area contributed by atoms with Gasteiger partial charge in [-0.15, -0.1) is 0 Å². The lowest BCUT2D eigenvalue weighted by molar-refractivity contribution is 0.298. The second-order valence-electron chi connectivity index (χ2n) is 4.90. The summed E-state index contributed by atoms with van der Waals surface area (Å²) in [6.45, 7) is 3.76. The first-order valence-electron chi connectivity index (χ1n) is 6.74. The molecule has 1 aromatic heterocycles. The molecule has 2 heterocycles. The minimum absolute atomic E-state index is 0.204. The van der Waals surface area contributed by atoms with Crippen molar-refractivity contribution in [2.24, 2.45) is 7.05 Å². The van der Waals surface area contributed by atoms with E-state index in [1.807, 2.05) is 30.1 Å².